The van der Waals surface area contributed by atoms with Gasteiger partial charge in [0.05, 0.1) is 18.5 Å². The maximum absolute atomic E-state index is 15.1. The van der Waals surface area contributed by atoms with E-state index in [0.717, 1.165) is 0 Å². The zero-order valence-electron chi connectivity index (χ0n) is 15.3. The number of aromatic nitrogens is 1. The lowest BCUT2D eigenvalue weighted by Gasteiger charge is -2.12. The highest BCUT2D eigenvalue weighted by atomic mass is 19.1. The van der Waals surface area contributed by atoms with Crippen molar-refractivity contribution in [1.29, 1.82) is 0 Å². The third-order valence-electron chi connectivity index (χ3n) is 4.82. The van der Waals surface area contributed by atoms with Crippen LogP contribution in [0.25, 0.3) is 10.9 Å². The summed E-state index contributed by atoms with van der Waals surface area (Å²) in [6.45, 7) is 3.37. The van der Waals surface area contributed by atoms with Gasteiger partial charge < -0.3 is 9.84 Å². The minimum absolute atomic E-state index is 0.00769. The molecule has 0 aliphatic heterocycles. The van der Waals surface area contributed by atoms with Crippen molar-refractivity contribution in [2.24, 2.45) is 0 Å². The molecule has 0 bridgehead atoms. The molecule has 1 aromatic heterocycles. The van der Waals surface area contributed by atoms with Crippen LogP contribution in [0.15, 0.2) is 42.5 Å². The van der Waals surface area contributed by atoms with Crippen molar-refractivity contribution in [1.82, 2.24) is 4.57 Å². The van der Waals surface area contributed by atoms with Gasteiger partial charge in [-0.05, 0) is 43.2 Å². The summed E-state index contributed by atoms with van der Waals surface area (Å²) in [5.74, 6) is -2.98. The Balaban J connectivity index is 2.39. The standard InChI is InChI=1S/C21H20FNO4/c1-4-14(21(25)26)17-12(2)23(20(24)13-8-6-5-7-9-13)15-10-11-16(27-3)19(22)18(15)17/h5-11,14H,4H2,1-3H3,(H,25,26). The third-order valence-corrected chi connectivity index (χ3v) is 4.82. The number of carboxylic acids is 1. The van der Waals surface area contributed by atoms with Crippen molar-refractivity contribution in [2.75, 3.05) is 7.11 Å². The van der Waals surface area contributed by atoms with Gasteiger partial charge >= 0.3 is 5.97 Å². The van der Waals surface area contributed by atoms with Crippen LogP contribution in [0.3, 0.4) is 0 Å². The van der Waals surface area contributed by atoms with Crippen molar-refractivity contribution in [2.45, 2.75) is 26.2 Å². The van der Waals surface area contributed by atoms with Crippen molar-refractivity contribution < 1.29 is 23.8 Å². The highest BCUT2D eigenvalue weighted by molar-refractivity contribution is 6.05. The molecule has 140 valence electrons. The first-order chi connectivity index (χ1) is 12.9. The van der Waals surface area contributed by atoms with E-state index in [1.807, 2.05) is 0 Å². The Bertz CT molecular complexity index is 1020. The molecule has 3 rings (SSSR count). The molecule has 0 aliphatic rings. The Morgan fingerprint density at radius 2 is 1.85 bits per heavy atom. The van der Waals surface area contributed by atoms with Gasteiger partial charge in [-0.25, -0.2) is 4.39 Å². The number of nitrogens with zero attached hydrogens (tertiary/aromatic N) is 1. The molecule has 1 unspecified atom stereocenters. The van der Waals surface area contributed by atoms with Crippen LogP contribution in [0.5, 0.6) is 5.75 Å². The average molecular weight is 369 g/mol. The first-order valence-corrected chi connectivity index (χ1v) is 8.62. The minimum atomic E-state index is -1.06. The molecule has 5 nitrogen and oxygen atoms in total. The van der Waals surface area contributed by atoms with Gasteiger partial charge in [-0.1, -0.05) is 25.1 Å². The van der Waals surface area contributed by atoms with Crippen LogP contribution in [-0.4, -0.2) is 28.7 Å². The van der Waals surface area contributed by atoms with E-state index in [9.17, 15) is 14.7 Å². The van der Waals surface area contributed by atoms with E-state index in [4.69, 9.17) is 4.74 Å². The van der Waals surface area contributed by atoms with Crippen molar-refractivity contribution in [3.8, 4) is 5.75 Å². The van der Waals surface area contributed by atoms with Crippen LogP contribution in [0.4, 0.5) is 4.39 Å². The van der Waals surface area contributed by atoms with E-state index in [1.165, 1.54) is 17.7 Å². The van der Waals surface area contributed by atoms with Gasteiger partial charge in [-0.2, -0.15) is 0 Å². The number of benzene rings is 2. The molecule has 6 heteroatoms. The zero-order chi connectivity index (χ0) is 19.7. The molecule has 0 saturated carbocycles. The minimum Gasteiger partial charge on any atom is -0.494 e. The second-order valence-electron chi connectivity index (χ2n) is 6.28. The molecular weight excluding hydrogens is 349 g/mol. The number of aliphatic carboxylic acids is 1. The molecule has 0 spiro atoms. The number of carbonyl (C=O) groups is 2. The van der Waals surface area contributed by atoms with E-state index < -0.39 is 17.7 Å². The number of fused-ring (bicyclic) bond motifs is 1. The lowest BCUT2D eigenvalue weighted by Crippen LogP contribution is -2.16. The Hall–Kier alpha value is -3.15. The lowest BCUT2D eigenvalue weighted by atomic mass is 9.93. The van der Waals surface area contributed by atoms with E-state index in [-0.39, 0.29) is 23.5 Å². The number of carbonyl (C=O) groups excluding carboxylic acids is 1. The van der Waals surface area contributed by atoms with Crippen LogP contribution in [0.2, 0.25) is 0 Å². The Kier molecular flexibility index (Phi) is 4.99. The molecule has 0 saturated heterocycles. The van der Waals surface area contributed by atoms with Crippen LogP contribution in [0, 0.1) is 12.7 Å². The van der Waals surface area contributed by atoms with Gasteiger partial charge in [-0.3, -0.25) is 14.2 Å². The summed E-state index contributed by atoms with van der Waals surface area (Å²) >= 11 is 0. The molecule has 0 fully saturated rings. The number of rotatable bonds is 5. The van der Waals surface area contributed by atoms with Crippen molar-refractivity contribution >= 4 is 22.8 Å². The Morgan fingerprint density at radius 1 is 1.19 bits per heavy atom. The van der Waals surface area contributed by atoms with Crippen LogP contribution in [-0.2, 0) is 4.79 Å². The van der Waals surface area contributed by atoms with Gasteiger partial charge in [0.15, 0.2) is 11.6 Å². The van der Waals surface area contributed by atoms with Gasteiger partial charge in [0.2, 0.25) is 0 Å². The van der Waals surface area contributed by atoms with Gasteiger partial charge in [-0.15, -0.1) is 0 Å². The van der Waals surface area contributed by atoms with Gasteiger partial charge in [0.1, 0.15) is 0 Å². The number of hydrogen-bond acceptors (Lipinski definition) is 3. The number of halogens is 1. The number of ether oxygens (including phenoxy) is 1. The van der Waals surface area contributed by atoms with Crippen LogP contribution < -0.4 is 4.74 Å². The van der Waals surface area contributed by atoms with E-state index in [0.29, 0.717) is 22.3 Å². The second-order valence-corrected chi connectivity index (χ2v) is 6.28. The van der Waals surface area contributed by atoms with Crippen molar-refractivity contribution in [3.63, 3.8) is 0 Å². The maximum Gasteiger partial charge on any atom is 0.311 e. The zero-order valence-corrected chi connectivity index (χ0v) is 15.3. The van der Waals surface area contributed by atoms with Crippen LogP contribution in [0.1, 0.15) is 40.9 Å². The fourth-order valence-corrected chi connectivity index (χ4v) is 3.53. The Labute approximate surface area is 156 Å². The van der Waals surface area contributed by atoms with E-state index in [1.54, 1.807) is 50.2 Å². The molecular formula is C21H20FNO4. The molecule has 2 aromatic carbocycles. The largest absolute Gasteiger partial charge is 0.494 e. The summed E-state index contributed by atoms with van der Waals surface area (Å²) in [5.41, 5.74) is 1.49. The van der Waals surface area contributed by atoms with Crippen LogP contribution >= 0.6 is 0 Å². The van der Waals surface area contributed by atoms with Crippen molar-refractivity contribution in [3.05, 3.63) is 65.1 Å². The summed E-state index contributed by atoms with van der Waals surface area (Å²) in [6.07, 6.45) is 0.269. The SMILES string of the molecule is CCC(C(=O)O)c1c(C)n(C(=O)c2ccccc2)c2ccc(OC)c(F)c12. The third kappa shape index (κ3) is 2.97. The van der Waals surface area contributed by atoms with Gasteiger partial charge in [0, 0.05) is 16.6 Å². The molecule has 0 amide bonds. The monoisotopic (exact) mass is 369 g/mol. The predicted octanol–water partition coefficient (Wildman–Crippen LogP) is 4.36. The summed E-state index contributed by atoms with van der Waals surface area (Å²) in [7, 11) is 1.34. The average Bonchev–Trinajstić information content (AvgIpc) is 2.95. The normalized spacial score (nSPS) is 12.1. The smallest absolute Gasteiger partial charge is 0.311 e. The molecule has 27 heavy (non-hydrogen) atoms. The number of methoxy groups -OCH3 is 1. The Morgan fingerprint density at radius 3 is 2.41 bits per heavy atom. The molecule has 1 N–H and O–H groups in total. The first-order valence-electron chi connectivity index (χ1n) is 8.62. The van der Waals surface area contributed by atoms with E-state index in [2.05, 4.69) is 0 Å². The molecule has 3 aromatic rings. The summed E-state index contributed by atoms with van der Waals surface area (Å²) < 4.78 is 21.5. The molecule has 0 aliphatic carbocycles. The molecule has 0 radical (unpaired) electrons. The second kappa shape index (κ2) is 7.23. The number of hydrogen-bond donors (Lipinski definition) is 1. The first kappa shape index (κ1) is 18.6. The molecule has 1 heterocycles. The molecule has 1 atom stereocenters. The fourth-order valence-electron chi connectivity index (χ4n) is 3.53. The summed E-state index contributed by atoms with van der Waals surface area (Å²) in [5, 5.41) is 9.76. The maximum atomic E-state index is 15.1. The van der Waals surface area contributed by atoms with E-state index >= 15 is 4.39 Å². The topological polar surface area (TPSA) is 68.5 Å². The fraction of sp³-hybridized carbons (Fsp3) is 0.238. The quantitative estimate of drug-likeness (QED) is 0.725. The highest BCUT2D eigenvalue weighted by Crippen LogP contribution is 2.38. The highest BCUT2D eigenvalue weighted by Gasteiger charge is 2.30. The predicted molar refractivity (Wildman–Crippen MR) is 100 cm³/mol. The summed E-state index contributed by atoms with van der Waals surface area (Å²) in [6, 6.07) is 11.6. The lowest BCUT2D eigenvalue weighted by molar-refractivity contribution is -0.138. The number of carboxylic acid groups (broad SMARTS) is 1. The summed E-state index contributed by atoms with van der Waals surface area (Å²) in [4.78, 5) is 24.9. The van der Waals surface area contributed by atoms with Gasteiger partial charge in [0.25, 0.3) is 5.91 Å².